The molecular weight excluding hydrogens is 410 g/mol. The van der Waals surface area contributed by atoms with Crippen LogP contribution in [0.25, 0.3) is 27.8 Å². The largest absolute Gasteiger partial charge is 0.316 e. The van der Waals surface area contributed by atoms with Crippen LogP contribution in [0.2, 0.25) is 0 Å². The van der Waals surface area contributed by atoms with Gasteiger partial charge in [0.25, 0.3) is 5.91 Å². The van der Waals surface area contributed by atoms with E-state index in [1.807, 2.05) is 66.0 Å². The van der Waals surface area contributed by atoms with Crippen LogP contribution in [0, 0.1) is 0 Å². The molecule has 152 valence electrons. The van der Waals surface area contributed by atoms with E-state index >= 15 is 0 Å². The molecule has 0 bridgehead atoms. The minimum absolute atomic E-state index is 0.0723. The Bertz CT molecular complexity index is 1330. The van der Waals surface area contributed by atoms with Crippen molar-refractivity contribution in [3.63, 3.8) is 0 Å². The first-order valence-electron chi connectivity index (χ1n) is 9.52. The number of amides is 1. The Balaban J connectivity index is 1.51. The summed E-state index contributed by atoms with van der Waals surface area (Å²) >= 11 is 1.54. The van der Waals surface area contributed by atoms with Gasteiger partial charge >= 0.3 is 0 Å². The quantitative estimate of drug-likeness (QED) is 0.457. The Morgan fingerprint density at radius 1 is 1.00 bits per heavy atom. The van der Waals surface area contributed by atoms with Gasteiger partial charge in [0.15, 0.2) is 5.82 Å². The van der Waals surface area contributed by atoms with Crippen LogP contribution in [-0.4, -0.2) is 35.4 Å². The molecule has 0 aliphatic rings. The molecule has 1 amide bonds. The van der Waals surface area contributed by atoms with Crippen LogP contribution in [0.1, 0.15) is 10.6 Å². The minimum atomic E-state index is -0.419. The SMILES string of the molecule is Cn1cc(NC(=O)c2nc(-c3cccs3)n(-c3ccccc3)n2)c(-c2ccccn2)n1. The predicted octanol–water partition coefficient (Wildman–Crippen LogP) is 4.04. The van der Waals surface area contributed by atoms with E-state index in [1.54, 1.807) is 40.1 Å². The lowest BCUT2D eigenvalue weighted by atomic mass is 10.2. The van der Waals surface area contributed by atoms with Gasteiger partial charge in [-0.15, -0.1) is 16.4 Å². The van der Waals surface area contributed by atoms with Gasteiger partial charge in [-0.05, 0) is 35.7 Å². The predicted molar refractivity (Wildman–Crippen MR) is 119 cm³/mol. The van der Waals surface area contributed by atoms with Crippen molar-refractivity contribution in [2.24, 2.45) is 7.05 Å². The highest BCUT2D eigenvalue weighted by molar-refractivity contribution is 7.13. The average Bonchev–Trinajstić information content (AvgIpc) is 3.54. The number of anilines is 1. The van der Waals surface area contributed by atoms with Gasteiger partial charge in [0.2, 0.25) is 5.82 Å². The lowest BCUT2D eigenvalue weighted by Gasteiger charge is -2.03. The third kappa shape index (κ3) is 3.74. The van der Waals surface area contributed by atoms with Gasteiger partial charge in [-0.2, -0.15) is 5.10 Å². The molecular formula is C22H17N7OS. The summed E-state index contributed by atoms with van der Waals surface area (Å²) in [6.45, 7) is 0. The number of para-hydroxylation sites is 1. The number of hydrogen-bond donors (Lipinski definition) is 1. The Morgan fingerprint density at radius 3 is 2.58 bits per heavy atom. The van der Waals surface area contributed by atoms with Crippen LogP contribution in [0.15, 0.2) is 78.4 Å². The zero-order valence-electron chi connectivity index (χ0n) is 16.5. The number of rotatable bonds is 5. The first-order valence-corrected chi connectivity index (χ1v) is 10.4. The van der Waals surface area contributed by atoms with Crippen LogP contribution in [0.4, 0.5) is 5.69 Å². The summed E-state index contributed by atoms with van der Waals surface area (Å²) in [4.78, 5) is 22.9. The summed E-state index contributed by atoms with van der Waals surface area (Å²) in [7, 11) is 1.79. The topological polar surface area (TPSA) is 90.5 Å². The molecule has 9 heteroatoms. The fourth-order valence-corrected chi connectivity index (χ4v) is 3.87. The lowest BCUT2D eigenvalue weighted by molar-refractivity contribution is 0.101. The summed E-state index contributed by atoms with van der Waals surface area (Å²) < 4.78 is 3.32. The highest BCUT2D eigenvalue weighted by atomic mass is 32.1. The molecule has 0 aliphatic heterocycles. The standard InChI is InChI=1S/C22H17N7OS/c1-28-14-17(19(26-28)16-10-5-6-12-23-16)24-22(30)20-25-21(18-11-7-13-31-18)29(27-20)15-8-3-2-4-9-15/h2-14H,1H3,(H,24,30). The third-order valence-corrected chi connectivity index (χ3v) is 5.40. The van der Waals surface area contributed by atoms with E-state index in [0.29, 0.717) is 22.9 Å². The van der Waals surface area contributed by atoms with Gasteiger partial charge in [-0.25, -0.2) is 9.67 Å². The molecule has 0 atom stereocenters. The molecule has 31 heavy (non-hydrogen) atoms. The van der Waals surface area contributed by atoms with Gasteiger partial charge in [-0.3, -0.25) is 14.5 Å². The van der Waals surface area contributed by atoms with Gasteiger partial charge in [0.1, 0.15) is 5.69 Å². The number of nitrogens with one attached hydrogen (secondary N) is 1. The molecule has 8 nitrogen and oxygen atoms in total. The maximum absolute atomic E-state index is 13.1. The average molecular weight is 427 g/mol. The van der Waals surface area contributed by atoms with E-state index in [1.165, 1.54) is 0 Å². The van der Waals surface area contributed by atoms with E-state index < -0.39 is 5.91 Å². The molecule has 5 rings (SSSR count). The van der Waals surface area contributed by atoms with Crippen molar-refractivity contribution in [2.75, 3.05) is 5.32 Å². The van der Waals surface area contributed by atoms with Crippen molar-refractivity contribution in [3.05, 3.63) is 84.3 Å². The Morgan fingerprint density at radius 2 is 1.84 bits per heavy atom. The Hall–Kier alpha value is -4.11. The molecule has 0 radical (unpaired) electrons. The van der Waals surface area contributed by atoms with Crippen molar-refractivity contribution < 1.29 is 4.79 Å². The number of hydrogen-bond acceptors (Lipinski definition) is 6. The molecule has 4 aromatic heterocycles. The molecule has 0 saturated carbocycles. The summed E-state index contributed by atoms with van der Waals surface area (Å²) in [6.07, 6.45) is 3.42. The van der Waals surface area contributed by atoms with Gasteiger partial charge in [-0.1, -0.05) is 30.3 Å². The van der Waals surface area contributed by atoms with Crippen molar-refractivity contribution in [1.82, 2.24) is 29.5 Å². The fraction of sp³-hybridized carbons (Fsp3) is 0.0455. The second-order valence-corrected chi connectivity index (χ2v) is 7.67. The summed E-state index contributed by atoms with van der Waals surface area (Å²) in [6, 6.07) is 19.1. The van der Waals surface area contributed by atoms with Crippen molar-refractivity contribution in [2.45, 2.75) is 0 Å². The molecule has 5 aromatic rings. The Labute approximate surface area is 181 Å². The normalized spacial score (nSPS) is 10.9. The molecule has 0 aliphatic carbocycles. The number of thiophene rings is 1. The van der Waals surface area contributed by atoms with Crippen LogP contribution in [0.5, 0.6) is 0 Å². The molecule has 0 spiro atoms. The second-order valence-electron chi connectivity index (χ2n) is 6.72. The summed E-state index contributed by atoms with van der Waals surface area (Å²) in [5.74, 6) is 0.267. The zero-order valence-corrected chi connectivity index (χ0v) is 17.3. The first-order chi connectivity index (χ1) is 15.2. The maximum Gasteiger partial charge on any atom is 0.295 e. The van der Waals surface area contributed by atoms with Crippen LogP contribution >= 0.6 is 11.3 Å². The van der Waals surface area contributed by atoms with Crippen molar-refractivity contribution in [1.29, 1.82) is 0 Å². The molecule has 0 fully saturated rings. The van der Waals surface area contributed by atoms with Crippen molar-refractivity contribution >= 4 is 22.9 Å². The smallest absolute Gasteiger partial charge is 0.295 e. The van der Waals surface area contributed by atoms with Gasteiger partial charge in [0.05, 0.1) is 21.9 Å². The molecule has 1 N–H and O–H groups in total. The van der Waals surface area contributed by atoms with E-state index in [9.17, 15) is 4.79 Å². The van der Waals surface area contributed by atoms with Gasteiger partial charge in [0, 0.05) is 19.4 Å². The minimum Gasteiger partial charge on any atom is -0.316 e. The molecule has 1 aromatic carbocycles. The number of carbonyl (C=O) groups is 1. The third-order valence-electron chi connectivity index (χ3n) is 4.54. The van der Waals surface area contributed by atoms with Crippen LogP contribution < -0.4 is 5.32 Å². The van der Waals surface area contributed by atoms with Crippen molar-refractivity contribution in [3.8, 4) is 27.8 Å². The molecule has 4 heterocycles. The van der Waals surface area contributed by atoms with E-state index in [-0.39, 0.29) is 5.82 Å². The highest BCUT2D eigenvalue weighted by Crippen LogP contribution is 2.27. The van der Waals surface area contributed by atoms with Gasteiger partial charge < -0.3 is 5.32 Å². The highest BCUT2D eigenvalue weighted by Gasteiger charge is 2.21. The second kappa shape index (κ2) is 7.96. The van der Waals surface area contributed by atoms with E-state index in [4.69, 9.17) is 0 Å². The Kier molecular flexibility index (Phi) is 4.85. The monoisotopic (exact) mass is 427 g/mol. The number of pyridine rings is 1. The molecule has 0 unspecified atom stereocenters. The molecule has 0 saturated heterocycles. The lowest BCUT2D eigenvalue weighted by Crippen LogP contribution is -2.14. The zero-order chi connectivity index (χ0) is 21.2. The van der Waals surface area contributed by atoms with Crippen LogP contribution in [0.3, 0.4) is 0 Å². The van der Waals surface area contributed by atoms with Crippen LogP contribution in [-0.2, 0) is 7.05 Å². The number of aryl methyl sites for hydroxylation is 1. The maximum atomic E-state index is 13.1. The number of benzene rings is 1. The number of aromatic nitrogens is 6. The van der Waals surface area contributed by atoms with E-state index in [2.05, 4.69) is 25.5 Å². The fourth-order valence-electron chi connectivity index (χ4n) is 3.17. The summed E-state index contributed by atoms with van der Waals surface area (Å²) in [5, 5.41) is 13.8. The van der Waals surface area contributed by atoms with E-state index in [0.717, 1.165) is 10.6 Å². The number of nitrogens with zero attached hydrogens (tertiary/aromatic N) is 6. The first kappa shape index (κ1) is 18.9. The number of carbonyl (C=O) groups excluding carboxylic acids is 1. The summed E-state index contributed by atoms with van der Waals surface area (Å²) in [5.41, 5.74) is 2.62.